The second-order valence-corrected chi connectivity index (χ2v) is 7.39. The van der Waals surface area contributed by atoms with Gasteiger partial charge in [0.2, 0.25) is 5.82 Å². The van der Waals surface area contributed by atoms with Crippen LogP contribution in [0.15, 0.2) is 71.3 Å². The molecule has 1 amide bonds. The van der Waals surface area contributed by atoms with E-state index < -0.39 is 0 Å². The molecule has 0 aliphatic carbocycles. The van der Waals surface area contributed by atoms with Crippen LogP contribution in [0.25, 0.3) is 22.8 Å². The van der Waals surface area contributed by atoms with Crippen LogP contribution in [0.3, 0.4) is 0 Å². The molecule has 0 saturated carbocycles. The molecule has 3 aromatic carbocycles. The molecule has 0 saturated heterocycles. The minimum Gasteiger partial charge on any atom is -0.497 e. The third-order valence-electron chi connectivity index (χ3n) is 4.75. The van der Waals surface area contributed by atoms with Gasteiger partial charge >= 0.3 is 0 Å². The van der Waals surface area contributed by atoms with Crippen LogP contribution in [-0.2, 0) is 4.79 Å². The third-order valence-corrected chi connectivity index (χ3v) is 4.75. The number of hydrogen-bond donors (Lipinski definition) is 1. The van der Waals surface area contributed by atoms with Gasteiger partial charge in [-0.2, -0.15) is 4.98 Å². The lowest BCUT2D eigenvalue weighted by Crippen LogP contribution is -2.20. The fraction of sp³-hybridized carbons (Fsp3) is 0.160. The summed E-state index contributed by atoms with van der Waals surface area (Å²) in [5.41, 5.74) is 4.52. The Bertz CT molecular complexity index is 1190. The van der Waals surface area contributed by atoms with Crippen LogP contribution in [-0.4, -0.2) is 29.8 Å². The number of carbonyl (C=O) groups excluding carboxylic acids is 1. The van der Waals surface area contributed by atoms with E-state index in [1.54, 1.807) is 19.2 Å². The average Bonchev–Trinajstić information content (AvgIpc) is 3.28. The normalized spacial score (nSPS) is 10.6. The summed E-state index contributed by atoms with van der Waals surface area (Å²) in [6.45, 7) is 3.89. The quantitative estimate of drug-likeness (QED) is 0.443. The second kappa shape index (κ2) is 9.34. The Hall–Kier alpha value is -4.13. The van der Waals surface area contributed by atoms with Gasteiger partial charge in [-0.25, -0.2) is 0 Å². The number of nitrogens with zero attached hydrogens (tertiary/aromatic N) is 2. The molecule has 1 aromatic heterocycles. The number of ether oxygens (including phenoxy) is 2. The molecule has 0 bridgehead atoms. The number of anilines is 1. The zero-order valence-corrected chi connectivity index (χ0v) is 18.1. The number of methoxy groups -OCH3 is 1. The molecule has 162 valence electrons. The van der Waals surface area contributed by atoms with E-state index in [4.69, 9.17) is 14.0 Å². The molecule has 4 aromatic rings. The van der Waals surface area contributed by atoms with E-state index in [2.05, 4.69) is 21.5 Å². The van der Waals surface area contributed by atoms with Crippen LogP contribution < -0.4 is 14.8 Å². The number of hydrogen-bond acceptors (Lipinski definition) is 6. The van der Waals surface area contributed by atoms with Gasteiger partial charge in [0.05, 0.1) is 7.11 Å². The van der Waals surface area contributed by atoms with Crippen molar-refractivity contribution in [3.05, 3.63) is 77.9 Å². The summed E-state index contributed by atoms with van der Waals surface area (Å²) in [7, 11) is 1.62. The molecule has 1 heterocycles. The van der Waals surface area contributed by atoms with Crippen molar-refractivity contribution in [2.24, 2.45) is 0 Å². The van der Waals surface area contributed by atoms with Crippen molar-refractivity contribution in [2.75, 3.05) is 19.0 Å². The van der Waals surface area contributed by atoms with Crippen LogP contribution in [0, 0.1) is 13.8 Å². The fourth-order valence-electron chi connectivity index (χ4n) is 3.28. The SMILES string of the molecule is COc1ccc(-c2noc(-c3ccc(OCC(=O)Nc4cc(C)cc(C)c4)cc3)n2)cc1. The zero-order valence-electron chi connectivity index (χ0n) is 18.1. The zero-order chi connectivity index (χ0) is 22.5. The highest BCUT2D eigenvalue weighted by atomic mass is 16.5. The van der Waals surface area contributed by atoms with Crippen LogP contribution >= 0.6 is 0 Å². The highest BCUT2D eigenvalue weighted by Gasteiger charge is 2.11. The third kappa shape index (κ3) is 5.13. The molecule has 0 fully saturated rings. The van der Waals surface area contributed by atoms with Gasteiger partial charge < -0.3 is 19.3 Å². The summed E-state index contributed by atoms with van der Waals surface area (Å²) in [5, 5.41) is 6.89. The molecule has 0 atom stereocenters. The lowest BCUT2D eigenvalue weighted by atomic mass is 10.1. The first-order valence-electron chi connectivity index (χ1n) is 10.1. The summed E-state index contributed by atoms with van der Waals surface area (Å²) >= 11 is 0. The van der Waals surface area contributed by atoms with E-state index in [0.717, 1.165) is 33.7 Å². The van der Waals surface area contributed by atoms with E-state index >= 15 is 0 Å². The maximum absolute atomic E-state index is 12.2. The summed E-state index contributed by atoms with van der Waals surface area (Å²) < 4.78 is 16.1. The minimum atomic E-state index is -0.222. The van der Waals surface area contributed by atoms with Gasteiger partial charge in [0, 0.05) is 16.8 Å². The average molecular weight is 429 g/mol. The number of aryl methyl sites for hydroxylation is 2. The number of carbonyl (C=O) groups is 1. The van der Waals surface area contributed by atoms with Crippen LogP contribution in [0.5, 0.6) is 11.5 Å². The smallest absolute Gasteiger partial charge is 0.262 e. The number of benzene rings is 3. The molecule has 0 radical (unpaired) electrons. The van der Waals surface area contributed by atoms with Crippen molar-refractivity contribution < 1.29 is 18.8 Å². The van der Waals surface area contributed by atoms with Gasteiger partial charge in [0.15, 0.2) is 6.61 Å². The van der Waals surface area contributed by atoms with Gasteiger partial charge in [-0.3, -0.25) is 4.79 Å². The summed E-state index contributed by atoms with van der Waals surface area (Å²) in [4.78, 5) is 16.6. The van der Waals surface area contributed by atoms with Gasteiger partial charge in [0.25, 0.3) is 11.8 Å². The van der Waals surface area contributed by atoms with Crippen molar-refractivity contribution >= 4 is 11.6 Å². The van der Waals surface area contributed by atoms with Gasteiger partial charge in [0.1, 0.15) is 11.5 Å². The predicted molar refractivity (Wildman–Crippen MR) is 122 cm³/mol. The van der Waals surface area contributed by atoms with Crippen LogP contribution in [0.2, 0.25) is 0 Å². The molecular formula is C25H23N3O4. The van der Waals surface area contributed by atoms with Crippen LogP contribution in [0.1, 0.15) is 11.1 Å². The Morgan fingerprint density at radius 1 is 0.906 bits per heavy atom. The summed E-state index contributed by atoms with van der Waals surface area (Å²) in [5.74, 6) is 2.00. The molecular weight excluding hydrogens is 406 g/mol. The highest BCUT2D eigenvalue weighted by Crippen LogP contribution is 2.25. The fourth-order valence-corrected chi connectivity index (χ4v) is 3.28. The van der Waals surface area contributed by atoms with Crippen molar-refractivity contribution in [1.29, 1.82) is 0 Å². The maximum atomic E-state index is 12.2. The Morgan fingerprint density at radius 2 is 1.53 bits per heavy atom. The summed E-state index contributed by atoms with van der Waals surface area (Å²) in [6, 6.07) is 20.5. The van der Waals surface area contributed by atoms with E-state index in [0.29, 0.717) is 17.5 Å². The largest absolute Gasteiger partial charge is 0.497 e. The number of aromatic nitrogens is 2. The van der Waals surface area contributed by atoms with Gasteiger partial charge in [-0.15, -0.1) is 0 Å². The number of amides is 1. The lowest BCUT2D eigenvalue weighted by molar-refractivity contribution is -0.118. The Kier molecular flexibility index (Phi) is 6.17. The minimum absolute atomic E-state index is 0.0888. The predicted octanol–water partition coefficient (Wildman–Crippen LogP) is 5.05. The highest BCUT2D eigenvalue weighted by molar-refractivity contribution is 5.92. The van der Waals surface area contributed by atoms with Gasteiger partial charge in [-0.05, 0) is 85.6 Å². The van der Waals surface area contributed by atoms with Crippen LogP contribution in [0.4, 0.5) is 5.69 Å². The van der Waals surface area contributed by atoms with Crippen molar-refractivity contribution in [2.45, 2.75) is 13.8 Å². The van der Waals surface area contributed by atoms with E-state index in [-0.39, 0.29) is 12.5 Å². The topological polar surface area (TPSA) is 86.5 Å². The molecule has 0 aliphatic rings. The molecule has 1 N–H and O–H groups in total. The first-order chi connectivity index (χ1) is 15.5. The van der Waals surface area contributed by atoms with Crippen molar-refractivity contribution in [1.82, 2.24) is 10.1 Å². The lowest BCUT2D eigenvalue weighted by Gasteiger charge is -2.09. The molecule has 0 aliphatic heterocycles. The first-order valence-corrected chi connectivity index (χ1v) is 10.1. The van der Waals surface area contributed by atoms with Gasteiger partial charge in [-0.1, -0.05) is 11.2 Å². The molecule has 7 nitrogen and oxygen atoms in total. The van der Waals surface area contributed by atoms with E-state index in [9.17, 15) is 4.79 Å². The molecule has 0 unspecified atom stereocenters. The number of rotatable bonds is 7. The first kappa shape index (κ1) is 21.1. The molecule has 0 spiro atoms. The Balaban J connectivity index is 1.36. The second-order valence-electron chi connectivity index (χ2n) is 7.39. The molecule has 7 heteroatoms. The van der Waals surface area contributed by atoms with E-state index in [1.807, 2.05) is 62.4 Å². The maximum Gasteiger partial charge on any atom is 0.262 e. The Labute approximate surface area is 186 Å². The molecule has 4 rings (SSSR count). The van der Waals surface area contributed by atoms with E-state index in [1.165, 1.54) is 0 Å². The number of nitrogens with one attached hydrogen (secondary N) is 1. The van der Waals surface area contributed by atoms with Crippen molar-refractivity contribution in [3.8, 4) is 34.3 Å². The monoisotopic (exact) mass is 429 g/mol. The Morgan fingerprint density at radius 3 is 2.19 bits per heavy atom. The molecule has 32 heavy (non-hydrogen) atoms. The summed E-state index contributed by atoms with van der Waals surface area (Å²) in [6.07, 6.45) is 0. The van der Waals surface area contributed by atoms with Crippen molar-refractivity contribution in [3.63, 3.8) is 0 Å². The standard InChI is InChI=1S/C25H23N3O4/c1-16-12-17(2)14-20(13-16)26-23(29)15-31-22-10-6-19(7-11-22)25-27-24(28-32-25)18-4-8-21(30-3)9-5-18/h4-14H,15H2,1-3H3,(H,26,29).